The Kier molecular flexibility index (Phi) is 3.92. The van der Waals surface area contributed by atoms with Crippen molar-refractivity contribution in [1.29, 1.82) is 0 Å². The molecule has 6 nitrogen and oxygen atoms in total. The van der Waals surface area contributed by atoms with Gasteiger partial charge in [-0.15, -0.1) is 0 Å². The highest BCUT2D eigenvalue weighted by molar-refractivity contribution is 6.08. The summed E-state index contributed by atoms with van der Waals surface area (Å²) in [5, 5.41) is 0. The summed E-state index contributed by atoms with van der Waals surface area (Å²) in [6.45, 7) is 4.06. The van der Waals surface area contributed by atoms with Crippen molar-refractivity contribution in [3.63, 3.8) is 0 Å². The molecule has 6 heteroatoms. The number of aryl methyl sites for hydroxylation is 1. The number of furan rings is 1. The normalized spacial score (nSPS) is 18.8. The second kappa shape index (κ2) is 5.48. The van der Waals surface area contributed by atoms with Crippen LogP contribution >= 0.6 is 0 Å². The largest absolute Gasteiger partial charge is 0.469 e. The molecule has 1 aromatic heterocycles. The zero-order valence-electron chi connectivity index (χ0n) is 11.9. The van der Waals surface area contributed by atoms with Crippen molar-refractivity contribution in [2.75, 3.05) is 13.6 Å². The van der Waals surface area contributed by atoms with Gasteiger partial charge >= 0.3 is 0 Å². The molecule has 0 bridgehead atoms. The van der Waals surface area contributed by atoms with Crippen LogP contribution in [0.2, 0.25) is 0 Å². The molecule has 0 radical (unpaired) electrons. The van der Waals surface area contributed by atoms with Crippen LogP contribution < -0.4 is 0 Å². The van der Waals surface area contributed by atoms with Crippen molar-refractivity contribution >= 4 is 17.7 Å². The molecule has 1 saturated heterocycles. The molecule has 108 valence electrons. The minimum absolute atomic E-state index is 0.0535. The maximum atomic E-state index is 12.5. The average molecular weight is 278 g/mol. The summed E-state index contributed by atoms with van der Waals surface area (Å²) in [5.41, 5.74) is 0.438. The third-order valence-corrected chi connectivity index (χ3v) is 3.55. The fourth-order valence-corrected chi connectivity index (χ4v) is 2.38. The minimum Gasteiger partial charge on any atom is -0.469 e. The summed E-state index contributed by atoms with van der Waals surface area (Å²) < 4.78 is 5.14. The smallest absolute Gasteiger partial charge is 0.258 e. The number of likely N-dealkylation sites (N-methyl/N-ethyl adjacent to an activating group) is 1. The first-order valence-corrected chi connectivity index (χ1v) is 6.62. The molecule has 20 heavy (non-hydrogen) atoms. The molecule has 0 unspecified atom stereocenters. The second-order valence-corrected chi connectivity index (χ2v) is 4.90. The Morgan fingerprint density at radius 3 is 2.65 bits per heavy atom. The van der Waals surface area contributed by atoms with Crippen molar-refractivity contribution in [2.24, 2.45) is 0 Å². The molecular weight excluding hydrogens is 260 g/mol. The topological polar surface area (TPSA) is 70.8 Å². The number of hydrogen-bond acceptors (Lipinski definition) is 4. The average Bonchev–Trinajstić information content (AvgIpc) is 2.95. The number of amides is 3. The number of carbonyl (C=O) groups excluding carboxylic acids is 3. The van der Waals surface area contributed by atoms with Crippen LogP contribution in [0.5, 0.6) is 0 Å². The van der Waals surface area contributed by atoms with E-state index in [-0.39, 0.29) is 24.1 Å². The van der Waals surface area contributed by atoms with Gasteiger partial charge in [-0.05, 0) is 19.4 Å². The summed E-state index contributed by atoms with van der Waals surface area (Å²) in [6.07, 6.45) is 2.21. The third kappa shape index (κ3) is 2.33. The lowest BCUT2D eigenvalue weighted by Crippen LogP contribution is -2.45. The van der Waals surface area contributed by atoms with Gasteiger partial charge in [0.25, 0.3) is 11.8 Å². The molecule has 1 fully saturated rings. The highest BCUT2D eigenvalue weighted by Gasteiger charge is 2.41. The van der Waals surface area contributed by atoms with Crippen LogP contribution in [0, 0.1) is 6.92 Å². The molecular formula is C14H18N2O4. The van der Waals surface area contributed by atoms with E-state index in [4.69, 9.17) is 4.42 Å². The van der Waals surface area contributed by atoms with Crippen molar-refractivity contribution in [2.45, 2.75) is 32.7 Å². The van der Waals surface area contributed by atoms with Crippen LogP contribution in [-0.4, -0.2) is 47.2 Å². The summed E-state index contributed by atoms with van der Waals surface area (Å²) in [6, 6.07) is 0.889. The Morgan fingerprint density at radius 1 is 1.50 bits per heavy atom. The zero-order chi connectivity index (χ0) is 14.9. The number of likely N-dealkylation sites (tertiary alicyclic amines) is 1. The molecule has 2 rings (SSSR count). The standard InChI is InChI=1S/C14H18N2O4/c1-4-6-16(11-8-12(17)15(3)14(11)19)13(18)10-5-7-20-9(10)2/h5,7,11H,4,6,8H2,1-3H3/t11-/m1/s1. The van der Waals surface area contributed by atoms with Gasteiger partial charge in [0.05, 0.1) is 18.2 Å². The van der Waals surface area contributed by atoms with Crippen LogP contribution in [0.1, 0.15) is 35.9 Å². The van der Waals surface area contributed by atoms with E-state index >= 15 is 0 Å². The summed E-state index contributed by atoms with van der Waals surface area (Å²) in [7, 11) is 1.45. The zero-order valence-corrected chi connectivity index (χ0v) is 11.9. The van der Waals surface area contributed by atoms with Crippen LogP contribution in [0.3, 0.4) is 0 Å². The van der Waals surface area contributed by atoms with Gasteiger partial charge in [-0.3, -0.25) is 19.3 Å². The molecule has 0 N–H and O–H groups in total. The first-order chi connectivity index (χ1) is 9.47. The SMILES string of the molecule is CCCN(C(=O)c1ccoc1C)[C@@H]1CC(=O)N(C)C1=O. The molecule has 0 aliphatic carbocycles. The van der Waals surface area contributed by atoms with E-state index in [1.807, 2.05) is 6.92 Å². The van der Waals surface area contributed by atoms with Crippen molar-refractivity contribution in [3.8, 4) is 0 Å². The molecule has 2 heterocycles. The van der Waals surface area contributed by atoms with Crippen LogP contribution in [0.15, 0.2) is 16.7 Å². The number of nitrogens with zero attached hydrogens (tertiary/aromatic N) is 2. The third-order valence-electron chi connectivity index (χ3n) is 3.55. The summed E-state index contributed by atoms with van der Waals surface area (Å²) >= 11 is 0. The van der Waals surface area contributed by atoms with Gasteiger partial charge in [-0.1, -0.05) is 6.92 Å². The number of rotatable bonds is 4. The van der Waals surface area contributed by atoms with Crippen LogP contribution in [-0.2, 0) is 9.59 Å². The monoisotopic (exact) mass is 278 g/mol. The van der Waals surface area contributed by atoms with Gasteiger partial charge in [0.15, 0.2) is 0 Å². The molecule has 0 aromatic carbocycles. The van der Waals surface area contributed by atoms with Gasteiger partial charge in [-0.25, -0.2) is 0 Å². The maximum Gasteiger partial charge on any atom is 0.258 e. The lowest BCUT2D eigenvalue weighted by Gasteiger charge is -2.26. The predicted molar refractivity (Wildman–Crippen MR) is 71.0 cm³/mol. The number of carbonyl (C=O) groups is 3. The van der Waals surface area contributed by atoms with E-state index in [1.54, 1.807) is 13.0 Å². The first-order valence-electron chi connectivity index (χ1n) is 6.62. The predicted octanol–water partition coefficient (Wildman–Crippen LogP) is 1.20. The lowest BCUT2D eigenvalue weighted by atomic mass is 10.1. The van der Waals surface area contributed by atoms with E-state index in [0.29, 0.717) is 24.3 Å². The van der Waals surface area contributed by atoms with E-state index in [2.05, 4.69) is 0 Å². The Bertz CT molecular complexity index is 549. The van der Waals surface area contributed by atoms with Gasteiger partial charge in [0.1, 0.15) is 11.8 Å². The van der Waals surface area contributed by atoms with Crippen molar-refractivity contribution in [1.82, 2.24) is 9.80 Å². The maximum absolute atomic E-state index is 12.5. The Morgan fingerprint density at radius 2 is 2.20 bits per heavy atom. The minimum atomic E-state index is -0.700. The molecule has 1 aliphatic rings. The van der Waals surface area contributed by atoms with Gasteiger partial charge in [0, 0.05) is 13.6 Å². The van der Waals surface area contributed by atoms with Crippen LogP contribution in [0.25, 0.3) is 0 Å². The van der Waals surface area contributed by atoms with E-state index in [0.717, 1.165) is 4.90 Å². The van der Waals surface area contributed by atoms with Gasteiger partial charge in [0.2, 0.25) is 5.91 Å². The van der Waals surface area contributed by atoms with Gasteiger partial charge < -0.3 is 9.32 Å². The summed E-state index contributed by atoms with van der Waals surface area (Å²) in [5.74, 6) is -0.323. The Balaban J connectivity index is 2.28. The molecule has 0 saturated carbocycles. The van der Waals surface area contributed by atoms with Crippen molar-refractivity contribution < 1.29 is 18.8 Å². The highest BCUT2D eigenvalue weighted by Crippen LogP contribution is 2.21. The summed E-state index contributed by atoms with van der Waals surface area (Å²) in [4.78, 5) is 38.8. The Hall–Kier alpha value is -2.11. The molecule has 1 aliphatic heterocycles. The molecule has 1 aromatic rings. The van der Waals surface area contributed by atoms with Crippen molar-refractivity contribution in [3.05, 3.63) is 23.7 Å². The number of imide groups is 1. The van der Waals surface area contributed by atoms with E-state index < -0.39 is 6.04 Å². The fraction of sp³-hybridized carbons (Fsp3) is 0.500. The quantitative estimate of drug-likeness (QED) is 0.776. The van der Waals surface area contributed by atoms with Crippen LogP contribution in [0.4, 0.5) is 0 Å². The number of hydrogen-bond donors (Lipinski definition) is 0. The molecule has 0 spiro atoms. The first kappa shape index (κ1) is 14.3. The molecule has 3 amide bonds. The van der Waals surface area contributed by atoms with E-state index in [1.165, 1.54) is 18.2 Å². The van der Waals surface area contributed by atoms with E-state index in [9.17, 15) is 14.4 Å². The second-order valence-electron chi connectivity index (χ2n) is 4.90. The lowest BCUT2D eigenvalue weighted by molar-refractivity contribution is -0.137. The molecule has 1 atom stereocenters. The van der Waals surface area contributed by atoms with Gasteiger partial charge in [-0.2, -0.15) is 0 Å². The Labute approximate surface area is 117 Å². The highest BCUT2D eigenvalue weighted by atomic mass is 16.3. The fourth-order valence-electron chi connectivity index (χ4n) is 2.38.